The van der Waals surface area contributed by atoms with Gasteiger partial charge in [0.05, 0.1) is 0 Å². The van der Waals surface area contributed by atoms with Crippen molar-refractivity contribution < 1.29 is 14.4 Å². The Bertz CT molecular complexity index is 1300. The topological polar surface area (TPSA) is 95.7 Å². The van der Waals surface area contributed by atoms with Crippen molar-refractivity contribution in [3.05, 3.63) is 70.8 Å². The van der Waals surface area contributed by atoms with Crippen LogP contribution in [0.15, 0.2) is 48.5 Å². The van der Waals surface area contributed by atoms with Crippen molar-refractivity contribution in [1.82, 2.24) is 15.1 Å². The number of benzene rings is 2. The van der Waals surface area contributed by atoms with Crippen LogP contribution in [0.25, 0.3) is 0 Å². The fraction of sp³-hybridized carbons (Fsp3) is 0.595. The first-order valence-corrected chi connectivity index (χ1v) is 16.8. The third kappa shape index (κ3) is 7.20. The van der Waals surface area contributed by atoms with Crippen LogP contribution in [0.1, 0.15) is 80.0 Å². The van der Waals surface area contributed by atoms with Crippen LogP contribution in [0.5, 0.6) is 0 Å². The summed E-state index contributed by atoms with van der Waals surface area (Å²) < 4.78 is 0. The van der Waals surface area contributed by atoms with Crippen molar-refractivity contribution >= 4 is 17.7 Å². The van der Waals surface area contributed by atoms with Crippen molar-refractivity contribution in [3.63, 3.8) is 0 Å². The van der Waals surface area contributed by atoms with Crippen molar-refractivity contribution in [2.45, 2.75) is 90.1 Å². The number of rotatable bonds is 9. The lowest BCUT2D eigenvalue weighted by Gasteiger charge is -2.56. The average Bonchev–Trinajstić information content (AvgIpc) is 3.04. The van der Waals surface area contributed by atoms with Gasteiger partial charge in [0.25, 0.3) is 0 Å². The van der Waals surface area contributed by atoms with Crippen molar-refractivity contribution in [2.75, 3.05) is 27.2 Å². The highest BCUT2D eigenvalue weighted by Gasteiger charge is 2.52. The van der Waals surface area contributed by atoms with E-state index in [1.807, 2.05) is 43.3 Å². The second kappa shape index (κ2) is 14.3. The molecule has 4 atom stereocenters. The van der Waals surface area contributed by atoms with E-state index in [0.717, 1.165) is 61.9 Å². The Hall–Kier alpha value is -3.19. The van der Waals surface area contributed by atoms with E-state index >= 15 is 0 Å². The van der Waals surface area contributed by atoms with Gasteiger partial charge in [-0.1, -0.05) is 66.9 Å². The number of nitrogens with zero attached hydrogens (tertiary/aromatic N) is 2. The zero-order chi connectivity index (χ0) is 31.3. The number of aryl methyl sites for hydroxylation is 2. The second-order valence-corrected chi connectivity index (χ2v) is 13.9. The predicted molar refractivity (Wildman–Crippen MR) is 175 cm³/mol. The van der Waals surface area contributed by atoms with E-state index in [1.54, 1.807) is 4.90 Å². The Morgan fingerprint density at radius 1 is 0.955 bits per heavy atom. The van der Waals surface area contributed by atoms with Crippen LogP contribution in [-0.2, 0) is 33.8 Å². The summed E-state index contributed by atoms with van der Waals surface area (Å²) in [7, 11) is 3.78. The Balaban J connectivity index is 1.26. The normalized spacial score (nSPS) is 23.5. The lowest BCUT2D eigenvalue weighted by molar-refractivity contribution is -0.147. The second-order valence-electron chi connectivity index (χ2n) is 13.9. The molecule has 2 aromatic carbocycles. The first-order chi connectivity index (χ1) is 21.2. The molecule has 0 aromatic heterocycles. The molecule has 5 rings (SSSR count). The third-order valence-electron chi connectivity index (χ3n) is 11.1. The number of hydrogen-bond donors (Lipinski definition) is 2. The molecule has 1 saturated heterocycles. The molecule has 1 aliphatic heterocycles. The molecule has 2 saturated carbocycles. The molecule has 0 radical (unpaired) electrons. The van der Waals surface area contributed by atoms with Gasteiger partial charge in [0.2, 0.25) is 17.7 Å². The molecule has 0 bridgehead atoms. The highest BCUT2D eigenvalue weighted by Crippen LogP contribution is 2.57. The molecule has 44 heavy (non-hydrogen) atoms. The SMILES string of the molecule is Cc1ccc(CC(NC(=O)CCc2ccccc2CN)C(=O)N2CCC3(CC[C@@H](C(=O)N(C)C)C4CCCCC43)CC2)cc1. The molecule has 3 fully saturated rings. The van der Waals surface area contributed by atoms with E-state index < -0.39 is 6.04 Å². The lowest BCUT2D eigenvalue weighted by atomic mass is 9.51. The van der Waals surface area contributed by atoms with Crippen LogP contribution in [0.3, 0.4) is 0 Å². The Morgan fingerprint density at radius 3 is 2.32 bits per heavy atom. The molecule has 3 aliphatic rings. The summed E-state index contributed by atoms with van der Waals surface area (Å²) in [5.74, 6) is 1.39. The fourth-order valence-corrected chi connectivity index (χ4v) is 8.57. The smallest absolute Gasteiger partial charge is 0.245 e. The van der Waals surface area contributed by atoms with E-state index in [0.29, 0.717) is 43.6 Å². The summed E-state index contributed by atoms with van der Waals surface area (Å²) >= 11 is 0. The number of likely N-dealkylation sites (tertiary alicyclic amines) is 1. The highest BCUT2D eigenvalue weighted by molar-refractivity contribution is 5.88. The molecule has 3 unspecified atom stereocenters. The first-order valence-electron chi connectivity index (χ1n) is 16.8. The summed E-state index contributed by atoms with van der Waals surface area (Å²) in [5.41, 5.74) is 10.5. The molecule has 2 aromatic rings. The summed E-state index contributed by atoms with van der Waals surface area (Å²) in [6, 6.07) is 15.6. The number of nitrogens with one attached hydrogen (secondary N) is 1. The summed E-state index contributed by atoms with van der Waals surface area (Å²) in [6.07, 6.45) is 10.2. The van der Waals surface area contributed by atoms with Gasteiger partial charge < -0.3 is 20.9 Å². The van der Waals surface area contributed by atoms with Crippen LogP contribution in [0, 0.1) is 30.1 Å². The van der Waals surface area contributed by atoms with Gasteiger partial charge in [-0.05, 0) is 85.8 Å². The fourth-order valence-electron chi connectivity index (χ4n) is 8.57. The molecule has 7 heteroatoms. The van der Waals surface area contributed by atoms with Crippen LogP contribution < -0.4 is 11.1 Å². The van der Waals surface area contributed by atoms with Gasteiger partial charge in [0.1, 0.15) is 6.04 Å². The molecular weight excluding hydrogens is 548 g/mol. The zero-order valence-corrected chi connectivity index (χ0v) is 27.0. The highest BCUT2D eigenvalue weighted by atomic mass is 16.2. The summed E-state index contributed by atoms with van der Waals surface area (Å²) in [5, 5.41) is 3.13. The minimum atomic E-state index is -0.597. The summed E-state index contributed by atoms with van der Waals surface area (Å²) in [6.45, 7) is 3.94. The van der Waals surface area contributed by atoms with Crippen LogP contribution in [-0.4, -0.2) is 60.7 Å². The molecule has 1 heterocycles. The van der Waals surface area contributed by atoms with Gasteiger partial charge in [0.15, 0.2) is 0 Å². The van der Waals surface area contributed by atoms with Crippen molar-refractivity contribution in [2.24, 2.45) is 28.9 Å². The Labute approximate surface area is 263 Å². The monoisotopic (exact) mass is 600 g/mol. The molecular formula is C37H52N4O3. The minimum absolute atomic E-state index is 0.0211. The van der Waals surface area contributed by atoms with Crippen LogP contribution in [0.2, 0.25) is 0 Å². The number of carbonyl (C=O) groups excluding carboxylic acids is 3. The molecule has 7 nitrogen and oxygen atoms in total. The molecule has 2 aliphatic carbocycles. The van der Waals surface area contributed by atoms with Crippen molar-refractivity contribution in [1.29, 1.82) is 0 Å². The van der Waals surface area contributed by atoms with Crippen LogP contribution in [0.4, 0.5) is 0 Å². The molecule has 238 valence electrons. The molecule has 3 amide bonds. The maximum absolute atomic E-state index is 14.1. The van der Waals surface area contributed by atoms with Gasteiger partial charge >= 0.3 is 0 Å². The third-order valence-corrected chi connectivity index (χ3v) is 11.1. The van der Waals surface area contributed by atoms with E-state index in [1.165, 1.54) is 24.8 Å². The van der Waals surface area contributed by atoms with Gasteiger partial charge in [0, 0.05) is 52.5 Å². The average molecular weight is 601 g/mol. The largest absolute Gasteiger partial charge is 0.349 e. The standard InChI is InChI=1S/C37H52N4O3/c1-26-12-14-27(15-13-26)24-33(39-34(42)17-16-28-8-4-5-9-29(28)25-38)36(44)41-22-20-37(21-23-41)19-18-31(35(43)40(2)3)30-10-6-7-11-32(30)37/h4-5,8-9,12-15,30-33H,6-7,10-11,16-25,38H2,1-3H3,(H,39,42)/t30?,31-,32?,33?/m1/s1. The number of carbonyl (C=O) groups is 3. The van der Waals surface area contributed by atoms with Gasteiger partial charge in [-0.3, -0.25) is 14.4 Å². The Kier molecular flexibility index (Phi) is 10.5. The van der Waals surface area contributed by atoms with Gasteiger partial charge in [-0.15, -0.1) is 0 Å². The van der Waals surface area contributed by atoms with Crippen LogP contribution >= 0.6 is 0 Å². The quantitative estimate of drug-likeness (QED) is 0.422. The van der Waals surface area contributed by atoms with E-state index in [4.69, 9.17) is 5.73 Å². The molecule has 3 N–H and O–H groups in total. The van der Waals surface area contributed by atoms with E-state index in [2.05, 4.69) is 36.5 Å². The summed E-state index contributed by atoms with van der Waals surface area (Å²) in [4.78, 5) is 44.2. The molecule has 1 spiro atoms. The predicted octanol–water partition coefficient (Wildman–Crippen LogP) is 5.03. The number of amides is 3. The maximum atomic E-state index is 14.1. The number of nitrogens with two attached hydrogens (primary N) is 1. The first kappa shape index (κ1) is 32.2. The number of fused-ring (bicyclic) bond motifs is 2. The zero-order valence-electron chi connectivity index (χ0n) is 27.0. The van der Waals surface area contributed by atoms with Crippen molar-refractivity contribution in [3.8, 4) is 0 Å². The number of hydrogen-bond acceptors (Lipinski definition) is 4. The van der Waals surface area contributed by atoms with Gasteiger partial charge in [-0.2, -0.15) is 0 Å². The lowest BCUT2D eigenvalue weighted by Crippen LogP contribution is -2.56. The van der Waals surface area contributed by atoms with Gasteiger partial charge in [-0.25, -0.2) is 0 Å². The maximum Gasteiger partial charge on any atom is 0.245 e. The van der Waals surface area contributed by atoms with E-state index in [-0.39, 0.29) is 23.1 Å². The number of piperidine rings is 1. The Morgan fingerprint density at radius 2 is 1.64 bits per heavy atom. The minimum Gasteiger partial charge on any atom is -0.349 e. The van der Waals surface area contributed by atoms with E-state index in [9.17, 15) is 14.4 Å².